The van der Waals surface area contributed by atoms with E-state index in [1.165, 1.54) is 0 Å². The molecule has 1 aromatic rings. The summed E-state index contributed by atoms with van der Waals surface area (Å²) in [7, 11) is 1.67. The van der Waals surface area contributed by atoms with Gasteiger partial charge < -0.3 is 15.2 Å². The molecule has 4 nitrogen and oxygen atoms in total. The van der Waals surface area contributed by atoms with E-state index in [0.29, 0.717) is 25.7 Å². The summed E-state index contributed by atoms with van der Waals surface area (Å²) in [5.41, 5.74) is 6.95. The van der Waals surface area contributed by atoms with Crippen molar-refractivity contribution < 1.29 is 9.47 Å². The molecule has 0 aliphatic carbocycles. The SMILES string of the molecule is COCCOCCc1nc(C(C)C(C)N)cs1. The number of nitrogens with zero attached hydrogens (tertiary/aromatic N) is 1. The molecule has 0 spiro atoms. The normalized spacial score (nSPS) is 14.8. The Morgan fingerprint density at radius 3 is 2.76 bits per heavy atom. The molecule has 2 N–H and O–H groups in total. The minimum Gasteiger partial charge on any atom is -0.382 e. The first kappa shape index (κ1) is 14.6. The van der Waals surface area contributed by atoms with E-state index in [-0.39, 0.29) is 6.04 Å². The molecule has 0 fully saturated rings. The van der Waals surface area contributed by atoms with Crippen molar-refractivity contribution in [3.63, 3.8) is 0 Å². The van der Waals surface area contributed by atoms with E-state index in [4.69, 9.17) is 15.2 Å². The van der Waals surface area contributed by atoms with E-state index in [1.54, 1.807) is 18.4 Å². The van der Waals surface area contributed by atoms with Gasteiger partial charge in [-0.15, -0.1) is 11.3 Å². The van der Waals surface area contributed by atoms with Gasteiger partial charge in [0.25, 0.3) is 0 Å². The van der Waals surface area contributed by atoms with Crippen LogP contribution in [0.15, 0.2) is 5.38 Å². The van der Waals surface area contributed by atoms with Gasteiger partial charge in [-0.25, -0.2) is 4.98 Å². The van der Waals surface area contributed by atoms with Crippen molar-refractivity contribution in [1.82, 2.24) is 4.98 Å². The van der Waals surface area contributed by atoms with Crippen LogP contribution in [0.25, 0.3) is 0 Å². The quantitative estimate of drug-likeness (QED) is 0.722. The van der Waals surface area contributed by atoms with Crippen LogP contribution in [0.5, 0.6) is 0 Å². The summed E-state index contributed by atoms with van der Waals surface area (Å²) in [6.45, 7) is 6.11. The van der Waals surface area contributed by atoms with Gasteiger partial charge in [0.2, 0.25) is 0 Å². The second-order valence-electron chi connectivity index (χ2n) is 4.17. The fourth-order valence-corrected chi connectivity index (χ4v) is 2.21. The molecule has 17 heavy (non-hydrogen) atoms. The van der Waals surface area contributed by atoms with E-state index < -0.39 is 0 Å². The molecule has 0 aliphatic heterocycles. The van der Waals surface area contributed by atoms with Gasteiger partial charge >= 0.3 is 0 Å². The lowest BCUT2D eigenvalue weighted by Gasteiger charge is -2.12. The van der Waals surface area contributed by atoms with Crippen LogP contribution in [0.2, 0.25) is 0 Å². The number of hydrogen-bond donors (Lipinski definition) is 1. The molecular formula is C12H22N2O2S. The Kier molecular flexibility index (Phi) is 6.65. The van der Waals surface area contributed by atoms with Gasteiger partial charge in [-0.05, 0) is 6.92 Å². The minimum absolute atomic E-state index is 0.142. The molecule has 0 saturated heterocycles. The molecule has 1 rings (SSSR count). The van der Waals surface area contributed by atoms with Crippen molar-refractivity contribution in [3.05, 3.63) is 16.1 Å². The van der Waals surface area contributed by atoms with Crippen molar-refractivity contribution in [2.24, 2.45) is 5.73 Å². The maximum Gasteiger partial charge on any atom is 0.0951 e. The highest BCUT2D eigenvalue weighted by Crippen LogP contribution is 2.20. The van der Waals surface area contributed by atoms with Crippen LogP contribution < -0.4 is 5.73 Å². The second-order valence-corrected chi connectivity index (χ2v) is 5.11. The molecule has 0 aliphatic rings. The maximum atomic E-state index is 5.86. The molecule has 0 saturated carbocycles. The summed E-state index contributed by atoms with van der Waals surface area (Å²) in [6.07, 6.45) is 0.861. The summed E-state index contributed by atoms with van der Waals surface area (Å²) in [5.74, 6) is 0.314. The molecule has 5 heteroatoms. The summed E-state index contributed by atoms with van der Waals surface area (Å²) >= 11 is 1.68. The van der Waals surface area contributed by atoms with E-state index in [1.807, 2.05) is 6.92 Å². The van der Waals surface area contributed by atoms with Gasteiger partial charge in [0.15, 0.2) is 0 Å². The highest BCUT2D eigenvalue weighted by molar-refractivity contribution is 7.09. The minimum atomic E-state index is 0.142. The van der Waals surface area contributed by atoms with Crippen molar-refractivity contribution in [3.8, 4) is 0 Å². The molecule has 2 atom stereocenters. The van der Waals surface area contributed by atoms with Crippen LogP contribution in [0.3, 0.4) is 0 Å². The van der Waals surface area contributed by atoms with Gasteiger partial charge in [0.1, 0.15) is 0 Å². The summed E-state index contributed by atoms with van der Waals surface area (Å²) in [4.78, 5) is 4.58. The Hall–Kier alpha value is -0.490. The van der Waals surface area contributed by atoms with Gasteiger partial charge in [0, 0.05) is 30.9 Å². The van der Waals surface area contributed by atoms with Crippen LogP contribution in [-0.4, -0.2) is 38.0 Å². The average molecular weight is 258 g/mol. The third-order valence-electron chi connectivity index (χ3n) is 2.72. The lowest BCUT2D eigenvalue weighted by Crippen LogP contribution is -2.22. The predicted octanol–water partition coefficient (Wildman–Crippen LogP) is 1.80. The maximum absolute atomic E-state index is 5.86. The Bertz CT molecular complexity index is 315. The molecule has 1 heterocycles. The monoisotopic (exact) mass is 258 g/mol. The number of thiazole rings is 1. The zero-order chi connectivity index (χ0) is 12.7. The highest BCUT2D eigenvalue weighted by Gasteiger charge is 2.13. The van der Waals surface area contributed by atoms with E-state index in [9.17, 15) is 0 Å². The second kappa shape index (κ2) is 7.76. The molecule has 98 valence electrons. The molecule has 0 amide bonds. The molecule has 2 unspecified atom stereocenters. The third kappa shape index (κ3) is 5.12. The Labute approximate surface area is 107 Å². The number of ether oxygens (including phenoxy) is 2. The fraction of sp³-hybridized carbons (Fsp3) is 0.750. The van der Waals surface area contributed by atoms with Crippen molar-refractivity contribution >= 4 is 11.3 Å². The third-order valence-corrected chi connectivity index (χ3v) is 3.64. The number of nitrogens with two attached hydrogens (primary N) is 1. The molecule has 0 radical (unpaired) electrons. The zero-order valence-electron chi connectivity index (χ0n) is 10.8. The first-order valence-corrected chi connectivity index (χ1v) is 6.79. The molecule has 0 bridgehead atoms. The topological polar surface area (TPSA) is 57.4 Å². The summed E-state index contributed by atoms with van der Waals surface area (Å²) in [5, 5.41) is 3.21. The summed E-state index contributed by atoms with van der Waals surface area (Å²) in [6, 6.07) is 0.142. The molecular weight excluding hydrogens is 236 g/mol. The smallest absolute Gasteiger partial charge is 0.0951 e. The van der Waals surface area contributed by atoms with Gasteiger partial charge in [-0.1, -0.05) is 6.92 Å². The average Bonchev–Trinajstić information content (AvgIpc) is 2.76. The Balaban J connectivity index is 2.31. The molecule has 0 aromatic carbocycles. The standard InChI is InChI=1S/C12H22N2O2S/c1-9(10(2)13)11-8-17-12(14-11)4-5-16-7-6-15-3/h8-10H,4-7,13H2,1-3H3. The van der Waals surface area contributed by atoms with E-state index in [0.717, 1.165) is 17.1 Å². The van der Waals surface area contributed by atoms with Crippen LogP contribution in [0.4, 0.5) is 0 Å². The highest BCUT2D eigenvalue weighted by atomic mass is 32.1. The van der Waals surface area contributed by atoms with Crippen molar-refractivity contribution in [2.75, 3.05) is 26.9 Å². The summed E-state index contributed by atoms with van der Waals surface area (Å²) < 4.78 is 10.3. The zero-order valence-corrected chi connectivity index (χ0v) is 11.6. The van der Waals surface area contributed by atoms with Crippen LogP contribution >= 0.6 is 11.3 Å². The van der Waals surface area contributed by atoms with Gasteiger partial charge in [0.05, 0.1) is 30.5 Å². The molecule has 1 aromatic heterocycles. The number of hydrogen-bond acceptors (Lipinski definition) is 5. The van der Waals surface area contributed by atoms with Crippen LogP contribution in [0.1, 0.15) is 30.5 Å². The largest absolute Gasteiger partial charge is 0.382 e. The lowest BCUT2D eigenvalue weighted by atomic mass is 10.0. The fourth-order valence-electron chi connectivity index (χ4n) is 1.32. The number of aromatic nitrogens is 1. The predicted molar refractivity (Wildman–Crippen MR) is 70.6 cm³/mol. The van der Waals surface area contributed by atoms with Crippen molar-refractivity contribution in [2.45, 2.75) is 32.2 Å². The van der Waals surface area contributed by atoms with Gasteiger partial charge in [-0.2, -0.15) is 0 Å². The first-order valence-electron chi connectivity index (χ1n) is 5.91. The van der Waals surface area contributed by atoms with E-state index >= 15 is 0 Å². The van der Waals surface area contributed by atoms with Crippen molar-refractivity contribution in [1.29, 1.82) is 0 Å². The number of rotatable bonds is 8. The first-order chi connectivity index (χ1) is 8.15. The lowest BCUT2D eigenvalue weighted by molar-refractivity contribution is 0.0722. The van der Waals surface area contributed by atoms with Crippen LogP contribution in [-0.2, 0) is 15.9 Å². The van der Waals surface area contributed by atoms with E-state index in [2.05, 4.69) is 17.3 Å². The van der Waals surface area contributed by atoms with Crippen LogP contribution in [0, 0.1) is 0 Å². The van der Waals surface area contributed by atoms with Gasteiger partial charge in [-0.3, -0.25) is 0 Å². The Morgan fingerprint density at radius 2 is 2.12 bits per heavy atom. The number of methoxy groups -OCH3 is 1. The Morgan fingerprint density at radius 1 is 1.35 bits per heavy atom.